The Hall–Kier alpha value is -2.71. The van der Waals surface area contributed by atoms with Crippen LogP contribution >= 0.6 is 0 Å². The van der Waals surface area contributed by atoms with E-state index in [1.165, 1.54) is 0 Å². The number of nitrogens with zero attached hydrogens (tertiary/aromatic N) is 1. The summed E-state index contributed by atoms with van der Waals surface area (Å²) in [4.78, 5) is 27.2. The summed E-state index contributed by atoms with van der Waals surface area (Å²) in [5.41, 5.74) is 1.63. The lowest BCUT2D eigenvalue weighted by Crippen LogP contribution is -2.52. The van der Waals surface area contributed by atoms with Gasteiger partial charge in [-0.05, 0) is 43.4 Å². The number of likely N-dealkylation sites (tertiary alicyclic amines) is 1. The molecule has 0 bridgehead atoms. The van der Waals surface area contributed by atoms with Gasteiger partial charge in [-0.15, -0.1) is 0 Å². The average Bonchev–Trinajstić information content (AvgIpc) is 2.77. The Bertz CT molecular complexity index is 1080. The van der Waals surface area contributed by atoms with Crippen LogP contribution in [0.1, 0.15) is 50.3 Å². The number of hydrogen-bond donors (Lipinski definition) is 2. The summed E-state index contributed by atoms with van der Waals surface area (Å²) in [5.74, 6) is -0.230. The predicted molar refractivity (Wildman–Crippen MR) is 129 cm³/mol. The number of carbonyl (C=O) groups is 2. The van der Waals surface area contributed by atoms with E-state index in [1.807, 2.05) is 42.5 Å². The van der Waals surface area contributed by atoms with Gasteiger partial charge in [-0.3, -0.25) is 9.59 Å². The van der Waals surface area contributed by atoms with E-state index in [9.17, 15) is 18.0 Å². The van der Waals surface area contributed by atoms with Crippen LogP contribution in [0.25, 0.3) is 0 Å². The molecule has 1 saturated heterocycles. The van der Waals surface area contributed by atoms with Crippen molar-refractivity contribution in [2.45, 2.75) is 57.4 Å². The molecule has 178 valence electrons. The van der Waals surface area contributed by atoms with Crippen LogP contribution in [-0.2, 0) is 37.3 Å². The van der Waals surface area contributed by atoms with Crippen LogP contribution in [0.15, 0.2) is 54.6 Å². The van der Waals surface area contributed by atoms with Crippen LogP contribution in [0.3, 0.4) is 0 Å². The predicted octanol–water partition coefficient (Wildman–Crippen LogP) is 2.71. The summed E-state index contributed by atoms with van der Waals surface area (Å²) in [5, 5.41) is 3.06. The number of sulfonamides is 1. The summed E-state index contributed by atoms with van der Waals surface area (Å²) < 4.78 is 27.5. The smallest absolute Gasteiger partial charge is 0.231 e. The molecule has 1 aliphatic rings. The molecule has 3 rings (SSSR count). The molecule has 8 heteroatoms. The molecule has 1 aliphatic heterocycles. The van der Waals surface area contributed by atoms with Crippen molar-refractivity contribution in [1.29, 1.82) is 0 Å². The zero-order valence-corrected chi connectivity index (χ0v) is 20.3. The molecule has 2 aromatic carbocycles. The maximum absolute atomic E-state index is 13.6. The monoisotopic (exact) mass is 471 g/mol. The van der Waals surface area contributed by atoms with E-state index in [0.717, 1.165) is 11.1 Å². The summed E-state index contributed by atoms with van der Waals surface area (Å²) in [6, 6.07) is 16.7. The SMILES string of the molecule is CC(=O)N1CCC(C(=O)NCc2ccccc2CS(=O)(=O)NC(C)C)(c2ccccc2)CC1. The van der Waals surface area contributed by atoms with Crippen LogP contribution < -0.4 is 10.0 Å². The van der Waals surface area contributed by atoms with Crippen molar-refractivity contribution in [2.24, 2.45) is 0 Å². The summed E-state index contributed by atoms with van der Waals surface area (Å²) in [7, 11) is -3.48. The van der Waals surface area contributed by atoms with Crippen molar-refractivity contribution in [3.05, 3.63) is 71.3 Å². The number of benzene rings is 2. The van der Waals surface area contributed by atoms with E-state index >= 15 is 0 Å². The highest BCUT2D eigenvalue weighted by atomic mass is 32.2. The van der Waals surface area contributed by atoms with Crippen molar-refractivity contribution in [3.63, 3.8) is 0 Å². The molecule has 2 amide bonds. The maximum atomic E-state index is 13.6. The molecule has 0 aliphatic carbocycles. The van der Waals surface area contributed by atoms with E-state index in [-0.39, 0.29) is 30.2 Å². The Morgan fingerprint density at radius 1 is 0.970 bits per heavy atom. The molecule has 0 aromatic heterocycles. The number of amides is 2. The van der Waals surface area contributed by atoms with E-state index in [1.54, 1.807) is 37.8 Å². The quantitative estimate of drug-likeness (QED) is 0.619. The van der Waals surface area contributed by atoms with Gasteiger partial charge in [0.1, 0.15) is 0 Å². The molecule has 0 saturated carbocycles. The normalized spacial score (nSPS) is 15.9. The highest BCUT2D eigenvalue weighted by molar-refractivity contribution is 7.88. The average molecular weight is 472 g/mol. The summed E-state index contributed by atoms with van der Waals surface area (Å²) in [6.07, 6.45) is 1.08. The minimum Gasteiger partial charge on any atom is -0.351 e. The highest BCUT2D eigenvalue weighted by Crippen LogP contribution is 2.36. The summed E-state index contributed by atoms with van der Waals surface area (Å²) in [6.45, 7) is 6.39. The van der Waals surface area contributed by atoms with Crippen LogP contribution in [0, 0.1) is 0 Å². The fourth-order valence-electron chi connectivity index (χ4n) is 4.43. The van der Waals surface area contributed by atoms with Crippen molar-refractivity contribution in [1.82, 2.24) is 14.9 Å². The standard InChI is InChI=1S/C25H33N3O4S/c1-19(2)27-33(31,32)18-22-10-8-7-9-21(22)17-26-24(30)25(23-11-5-4-6-12-23)13-15-28(16-14-25)20(3)29/h4-12,19,27H,13-18H2,1-3H3,(H,26,30). The first-order valence-corrected chi connectivity index (χ1v) is 12.9. The molecule has 7 nitrogen and oxygen atoms in total. The molecule has 0 unspecified atom stereocenters. The second kappa shape index (κ2) is 10.5. The van der Waals surface area contributed by atoms with Gasteiger partial charge in [0, 0.05) is 32.6 Å². The fraction of sp³-hybridized carbons (Fsp3) is 0.440. The fourth-order valence-corrected chi connectivity index (χ4v) is 5.92. The van der Waals surface area contributed by atoms with Gasteiger partial charge in [0.15, 0.2) is 0 Å². The van der Waals surface area contributed by atoms with Gasteiger partial charge in [-0.1, -0.05) is 54.6 Å². The third-order valence-corrected chi connectivity index (χ3v) is 7.66. The molecular formula is C25H33N3O4S. The third kappa shape index (κ3) is 6.21. The molecular weight excluding hydrogens is 438 g/mol. The van der Waals surface area contributed by atoms with Gasteiger partial charge < -0.3 is 10.2 Å². The number of rotatable bonds is 8. The first-order valence-electron chi connectivity index (χ1n) is 11.3. The largest absolute Gasteiger partial charge is 0.351 e. The third-order valence-electron chi connectivity index (χ3n) is 6.14. The van der Waals surface area contributed by atoms with Gasteiger partial charge in [0.05, 0.1) is 11.2 Å². The molecule has 1 fully saturated rings. The van der Waals surface area contributed by atoms with Gasteiger partial charge >= 0.3 is 0 Å². The molecule has 2 N–H and O–H groups in total. The Labute approximate surface area is 196 Å². The molecule has 0 spiro atoms. The maximum Gasteiger partial charge on any atom is 0.231 e. The topological polar surface area (TPSA) is 95.6 Å². The minimum absolute atomic E-state index is 0.0159. The lowest BCUT2D eigenvalue weighted by atomic mass is 9.72. The highest BCUT2D eigenvalue weighted by Gasteiger charge is 2.43. The zero-order chi connectivity index (χ0) is 24.1. The van der Waals surface area contributed by atoms with E-state index in [0.29, 0.717) is 31.5 Å². The van der Waals surface area contributed by atoms with Gasteiger partial charge in [0.2, 0.25) is 21.8 Å². The number of piperidine rings is 1. The van der Waals surface area contributed by atoms with Crippen LogP contribution in [0.4, 0.5) is 0 Å². The number of nitrogens with one attached hydrogen (secondary N) is 2. The first-order chi connectivity index (χ1) is 15.6. The van der Waals surface area contributed by atoms with Gasteiger partial charge in [0.25, 0.3) is 0 Å². The van der Waals surface area contributed by atoms with Crippen molar-refractivity contribution < 1.29 is 18.0 Å². The zero-order valence-electron chi connectivity index (χ0n) is 19.5. The molecule has 0 radical (unpaired) electrons. The van der Waals surface area contributed by atoms with Crippen molar-refractivity contribution in [2.75, 3.05) is 13.1 Å². The molecule has 0 atom stereocenters. The number of hydrogen-bond acceptors (Lipinski definition) is 4. The molecule has 33 heavy (non-hydrogen) atoms. The Morgan fingerprint density at radius 2 is 1.55 bits per heavy atom. The number of carbonyl (C=O) groups excluding carboxylic acids is 2. The van der Waals surface area contributed by atoms with E-state index in [4.69, 9.17) is 0 Å². The Kier molecular flexibility index (Phi) is 7.92. The minimum atomic E-state index is -3.48. The Balaban J connectivity index is 1.79. The lowest BCUT2D eigenvalue weighted by molar-refractivity contribution is -0.135. The van der Waals surface area contributed by atoms with Crippen LogP contribution in [0.5, 0.6) is 0 Å². The van der Waals surface area contributed by atoms with E-state index < -0.39 is 15.4 Å². The first kappa shape index (κ1) is 24.9. The van der Waals surface area contributed by atoms with Gasteiger partial charge in [-0.2, -0.15) is 0 Å². The van der Waals surface area contributed by atoms with Crippen molar-refractivity contribution in [3.8, 4) is 0 Å². The molecule has 2 aromatic rings. The van der Waals surface area contributed by atoms with E-state index in [2.05, 4.69) is 10.0 Å². The van der Waals surface area contributed by atoms with Crippen LogP contribution in [0.2, 0.25) is 0 Å². The summed E-state index contributed by atoms with van der Waals surface area (Å²) >= 11 is 0. The van der Waals surface area contributed by atoms with Crippen molar-refractivity contribution >= 4 is 21.8 Å². The van der Waals surface area contributed by atoms with Gasteiger partial charge in [-0.25, -0.2) is 13.1 Å². The molecule has 1 heterocycles. The second-order valence-corrected chi connectivity index (χ2v) is 10.7. The van der Waals surface area contributed by atoms with Crippen LogP contribution in [-0.4, -0.2) is 44.3 Å². The Morgan fingerprint density at radius 3 is 2.12 bits per heavy atom. The lowest BCUT2D eigenvalue weighted by Gasteiger charge is -2.40. The second-order valence-electron chi connectivity index (χ2n) is 8.94.